The van der Waals surface area contributed by atoms with Gasteiger partial charge in [0.05, 0.1) is 19.3 Å². The molecule has 1 heterocycles. The fraction of sp³-hybridized carbons (Fsp3) is 0.417. The van der Waals surface area contributed by atoms with Crippen molar-refractivity contribution in [2.45, 2.75) is 13.3 Å². The molecule has 72 valence electrons. The van der Waals surface area contributed by atoms with Crippen LogP contribution in [0.5, 0.6) is 0 Å². The first-order chi connectivity index (χ1) is 6.74. The third kappa shape index (κ3) is 1.64. The maximum Gasteiger partial charge on any atom is 0.108 e. The van der Waals surface area contributed by atoms with Crippen molar-refractivity contribution in [3.8, 4) is 6.07 Å². The zero-order valence-electron chi connectivity index (χ0n) is 8.29. The fourth-order valence-electron chi connectivity index (χ4n) is 1.65. The monoisotopic (exact) mass is 187 g/mol. The van der Waals surface area contributed by atoms with Gasteiger partial charge in [-0.15, -0.1) is 0 Å². The average Bonchev–Trinajstić information content (AvgIpc) is 2.15. The Balaban J connectivity index is 2.11. The van der Waals surface area contributed by atoms with Crippen molar-refractivity contribution in [2.24, 2.45) is 5.41 Å². The molecular formula is C12H13NO. The van der Waals surface area contributed by atoms with E-state index < -0.39 is 0 Å². The van der Waals surface area contributed by atoms with E-state index in [0.717, 1.165) is 6.42 Å². The van der Waals surface area contributed by atoms with Crippen molar-refractivity contribution in [2.75, 3.05) is 13.2 Å². The van der Waals surface area contributed by atoms with Gasteiger partial charge >= 0.3 is 0 Å². The fourth-order valence-corrected chi connectivity index (χ4v) is 1.65. The van der Waals surface area contributed by atoms with Gasteiger partial charge in [-0.25, -0.2) is 0 Å². The predicted octanol–water partition coefficient (Wildman–Crippen LogP) is 2.08. The van der Waals surface area contributed by atoms with Crippen LogP contribution in [0.15, 0.2) is 24.3 Å². The first kappa shape index (κ1) is 9.23. The summed E-state index contributed by atoms with van der Waals surface area (Å²) in [5, 5.41) is 9.02. The van der Waals surface area contributed by atoms with E-state index >= 15 is 0 Å². The highest BCUT2D eigenvalue weighted by Gasteiger charge is 2.38. The molecule has 1 aromatic carbocycles. The van der Waals surface area contributed by atoms with Crippen LogP contribution >= 0.6 is 0 Å². The Hall–Kier alpha value is -1.33. The first-order valence-corrected chi connectivity index (χ1v) is 4.79. The zero-order chi connectivity index (χ0) is 10.0. The number of nitriles is 1. The van der Waals surface area contributed by atoms with E-state index in [1.807, 2.05) is 0 Å². The van der Waals surface area contributed by atoms with Crippen LogP contribution in [0.2, 0.25) is 0 Å². The van der Waals surface area contributed by atoms with Crippen molar-refractivity contribution in [3.63, 3.8) is 0 Å². The molecule has 2 rings (SSSR count). The van der Waals surface area contributed by atoms with Crippen LogP contribution < -0.4 is 0 Å². The van der Waals surface area contributed by atoms with Crippen molar-refractivity contribution in [3.05, 3.63) is 35.4 Å². The molecule has 14 heavy (non-hydrogen) atoms. The third-order valence-corrected chi connectivity index (χ3v) is 2.66. The highest BCUT2D eigenvalue weighted by atomic mass is 16.5. The Kier molecular flexibility index (Phi) is 2.26. The van der Waals surface area contributed by atoms with Gasteiger partial charge < -0.3 is 4.74 Å². The Labute approximate surface area is 84.1 Å². The molecule has 2 nitrogen and oxygen atoms in total. The highest BCUT2D eigenvalue weighted by Crippen LogP contribution is 2.30. The van der Waals surface area contributed by atoms with Gasteiger partial charge in [-0.3, -0.25) is 0 Å². The smallest absolute Gasteiger partial charge is 0.108 e. The van der Waals surface area contributed by atoms with E-state index in [1.54, 1.807) is 0 Å². The molecule has 1 saturated heterocycles. The number of rotatable bonds is 2. The van der Waals surface area contributed by atoms with Gasteiger partial charge in [0.1, 0.15) is 5.41 Å². The first-order valence-electron chi connectivity index (χ1n) is 4.79. The molecule has 0 bridgehead atoms. The van der Waals surface area contributed by atoms with Crippen LogP contribution in [0.4, 0.5) is 0 Å². The largest absolute Gasteiger partial charge is 0.378 e. The van der Waals surface area contributed by atoms with Gasteiger partial charge in [-0.1, -0.05) is 29.8 Å². The van der Waals surface area contributed by atoms with E-state index in [1.165, 1.54) is 11.1 Å². The molecule has 1 aromatic rings. The second-order valence-electron chi connectivity index (χ2n) is 4.05. The molecule has 0 spiro atoms. The van der Waals surface area contributed by atoms with Gasteiger partial charge in [0.25, 0.3) is 0 Å². The van der Waals surface area contributed by atoms with Crippen molar-refractivity contribution >= 4 is 0 Å². The minimum Gasteiger partial charge on any atom is -0.378 e. The number of nitrogens with zero attached hydrogens (tertiary/aromatic N) is 1. The van der Waals surface area contributed by atoms with Crippen molar-refractivity contribution in [1.82, 2.24) is 0 Å². The van der Waals surface area contributed by atoms with Crippen LogP contribution in [0.3, 0.4) is 0 Å². The highest BCUT2D eigenvalue weighted by molar-refractivity contribution is 5.24. The molecular weight excluding hydrogens is 174 g/mol. The van der Waals surface area contributed by atoms with Gasteiger partial charge in [0.2, 0.25) is 0 Å². The van der Waals surface area contributed by atoms with Gasteiger partial charge in [-0.05, 0) is 18.9 Å². The molecule has 0 atom stereocenters. The Morgan fingerprint density at radius 3 is 2.43 bits per heavy atom. The van der Waals surface area contributed by atoms with Gasteiger partial charge in [0, 0.05) is 0 Å². The number of hydrogen-bond acceptors (Lipinski definition) is 2. The molecule has 1 fully saturated rings. The van der Waals surface area contributed by atoms with E-state index in [2.05, 4.69) is 37.3 Å². The standard InChI is InChI=1S/C12H13NO/c1-10-2-4-11(5-3-10)6-12(7-13)8-14-9-12/h2-5H,6,8-9H2,1H3. The lowest BCUT2D eigenvalue weighted by molar-refractivity contribution is -0.0765. The number of hydrogen-bond donors (Lipinski definition) is 0. The van der Waals surface area contributed by atoms with Crippen LogP contribution in [-0.4, -0.2) is 13.2 Å². The number of benzene rings is 1. The Morgan fingerprint density at radius 2 is 2.00 bits per heavy atom. The summed E-state index contributed by atoms with van der Waals surface area (Å²) in [6.45, 7) is 3.23. The van der Waals surface area contributed by atoms with Crippen LogP contribution in [0, 0.1) is 23.7 Å². The minimum absolute atomic E-state index is 0.255. The summed E-state index contributed by atoms with van der Waals surface area (Å²) in [5.74, 6) is 0. The number of ether oxygens (including phenoxy) is 1. The molecule has 0 aromatic heterocycles. The average molecular weight is 187 g/mol. The van der Waals surface area contributed by atoms with E-state index in [-0.39, 0.29) is 5.41 Å². The second-order valence-corrected chi connectivity index (χ2v) is 4.05. The lowest BCUT2D eigenvalue weighted by Crippen LogP contribution is -2.43. The lowest BCUT2D eigenvalue weighted by Gasteiger charge is -2.35. The Bertz CT molecular complexity index is 357. The maximum atomic E-state index is 9.02. The summed E-state index contributed by atoms with van der Waals surface area (Å²) < 4.78 is 5.10. The predicted molar refractivity (Wildman–Crippen MR) is 53.7 cm³/mol. The topological polar surface area (TPSA) is 33.0 Å². The minimum atomic E-state index is -0.255. The summed E-state index contributed by atoms with van der Waals surface area (Å²) in [7, 11) is 0. The summed E-state index contributed by atoms with van der Waals surface area (Å²) >= 11 is 0. The van der Waals surface area contributed by atoms with Crippen molar-refractivity contribution in [1.29, 1.82) is 5.26 Å². The normalized spacial score (nSPS) is 18.3. The van der Waals surface area contributed by atoms with Gasteiger partial charge in [-0.2, -0.15) is 5.26 Å². The molecule has 0 aliphatic carbocycles. The molecule has 2 heteroatoms. The summed E-state index contributed by atoms with van der Waals surface area (Å²) in [6.07, 6.45) is 0.809. The van der Waals surface area contributed by atoms with Crippen LogP contribution in [-0.2, 0) is 11.2 Å². The summed E-state index contributed by atoms with van der Waals surface area (Å²) in [6, 6.07) is 10.7. The van der Waals surface area contributed by atoms with Crippen LogP contribution in [0.25, 0.3) is 0 Å². The summed E-state index contributed by atoms with van der Waals surface area (Å²) in [5.41, 5.74) is 2.22. The molecule has 0 radical (unpaired) electrons. The maximum absolute atomic E-state index is 9.02. The third-order valence-electron chi connectivity index (χ3n) is 2.66. The summed E-state index contributed by atoms with van der Waals surface area (Å²) in [4.78, 5) is 0. The molecule has 1 aliphatic rings. The Morgan fingerprint density at radius 1 is 1.36 bits per heavy atom. The van der Waals surface area contributed by atoms with E-state index in [4.69, 9.17) is 10.00 Å². The molecule has 0 N–H and O–H groups in total. The molecule has 0 saturated carbocycles. The molecule has 0 unspecified atom stereocenters. The van der Waals surface area contributed by atoms with Crippen molar-refractivity contribution < 1.29 is 4.74 Å². The van der Waals surface area contributed by atoms with Gasteiger partial charge in [0.15, 0.2) is 0 Å². The van der Waals surface area contributed by atoms with Crippen LogP contribution in [0.1, 0.15) is 11.1 Å². The number of aryl methyl sites for hydroxylation is 1. The molecule has 0 amide bonds. The quantitative estimate of drug-likeness (QED) is 0.710. The lowest BCUT2D eigenvalue weighted by atomic mass is 9.81. The second kappa shape index (κ2) is 3.43. The van der Waals surface area contributed by atoms with E-state index in [0.29, 0.717) is 13.2 Å². The zero-order valence-corrected chi connectivity index (χ0v) is 8.29. The molecule has 1 aliphatic heterocycles. The van der Waals surface area contributed by atoms with E-state index in [9.17, 15) is 0 Å². The SMILES string of the molecule is Cc1ccc(CC2(C#N)COC2)cc1.